The minimum absolute atomic E-state index is 0.0117. The van der Waals surface area contributed by atoms with Gasteiger partial charge in [-0.05, 0) is 286 Å². The molecule has 150 heavy (non-hydrogen) atoms. The van der Waals surface area contributed by atoms with Gasteiger partial charge in [-0.3, -0.25) is 29.4 Å². The van der Waals surface area contributed by atoms with E-state index < -0.39 is 135 Å². The number of hydrogen-bond donors (Lipinski definition) is 13. The molecule has 41 heteroatoms. The standard InChI is InChI=1S/C28H28N4O5S2.C28H41N3O5S.C27H32N4O7S.C26H37N3O5S/c1-4-17-10-13-20(14-11-17)39(35,36)32-23-21-16-19(12-15-22(21)37-28(2,3)24(23)33)26(34)30-27-29-25(31-38-27)18-8-6-5-7-9-18;1-8-20-9-12-22(13-10-20)37(34,35)30-25-23-17-21(11-14-24(23)36-28(6,7)26(25)32)27(33)29-15-16-31(18(2)3)19(4)5;1-5-16-6-9-19(10-7-16)39(36,37)30-23-20-12-17(8-11-22(20)38-27(2,3)24(23)32)25(33)29-21(26(34)35)13-18-14-28-15-31(18)4;1-6-18-9-12-20(13-10-18)35(32,33)28-23-21-17-19(25(31)27-15-7-8-16-29(4)5)11-14-22(21)34-26(2,3)24(23)30/h5-16,23-24,32-33H,4H2,1-3H3,(H,29,30,31,34);9-14,17-19,25-26,30,32H,8,15-16H2,1-7H3,(H,29,33);6-12,14-15,21,23-24,30,32H,5,13H2,1-4H3,(H,29,33)(H,34,35);9-14,17,23-24,28,30H,6-8,15-16H2,1-5H3,(H,27,31)/t23-,24+;25-,26+;21-,23-,24+;23-,24+/m1111/s1. The van der Waals surface area contributed by atoms with E-state index in [1.807, 2.05) is 72.1 Å². The monoisotopic (exact) mass is 2150 g/mol. The Morgan fingerprint density at radius 3 is 1.07 bits per heavy atom. The SMILES string of the molecule is CCc1ccc(S(=O)(=O)N[C@@H]2c3cc(C(=O)NCCCCN(C)C)ccc3OC(C)(C)[C@H]2O)cc1.CCc1ccc(S(=O)(=O)N[C@@H]2c3cc(C(=O)NCCN(C(C)C)C(C)C)ccc3OC(C)(C)[C@H]2O)cc1.CCc1ccc(S(=O)(=O)N[C@@H]2c3cc(C(=O)N[C@H](Cc4cncn4C)C(=O)O)ccc3OC(C)(C)[C@H]2O)cc1.CCc1ccc(S(=O)(=O)N[C@@H]2c3cc(C(=O)Nc4nc(-c5ccccc5)ns4)ccc3OC(C)(C)[C@H]2O)cc1. The molecule has 0 saturated heterocycles. The number of unbranched alkanes of at least 4 members (excludes halogenated alkanes) is 1. The lowest BCUT2D eigenvalue weighted by molar-refractivity contribution is -0.139. The number of aliphatic hydroxyl groups is 4. The van der Waals surface area contributed by atoms with Gasteiger partial charge in [0.1, 0.15) is 75.9 Å². The van der Waals surface area contributed by atoms with Crippen LogP contribution in [-0.4, -0.2) is 223 Å². The number of benzene rings is 9. The van der Waals surface area contributed by atoms with Gasteiger partial charge in [0.05, 0.1) is 50.1 Å². The van der Waals surface area contributed by atoms with Crippen LogP contribution in [0.4, 0.5) is 5.13 Å². The second-order valence-corrected chi connectivity index (χ2v) is 47.9. The molecule has 9 atom stereocenters. The number of fused-ring (bicyclic) bond motifs is 4. The van der Waals surface area contributed by atoms with Gasteiger partial charge in [-0.1, -0.05) is 107 Å². The van der Waals surface area contributed by atoms with E-state index in [2.05, 4.69) is 92.0 Å². The molecule has 0 saturated carbocycles. The van der Waals surface area contributed by atoms with Gasteiger partial charge in [-0.25, -0.2) is 62.3 Å². The van der Waals surface area contributed by atoms with Crippen LogP contribution in [0.15, 0.2) is 232 Å². The normalized spacial score (nSPS) is 18.8. The van der Waals surface area contributed by atoms with Crippen LogP contribution in [0.3, 0.4) is 0 Å². The van der Waals surface area contributed by atoms with Crippen molar-refractivity contribution in [1.29, 1.82) is 0 Å². The number of carbonyl (C=O) groups is 5. The van der Waals surface area contributed by atoms with Crippen LogP contribution >= 0.6 is 11.5 Å². The number of hydrogen-bond acceptors (Lipinski definition) is 27. The van der Waals surface area contributed by atoms with Crippen molar-refractivity contribution in [3.63, 3.8) is 0 Å². The second-order valence-electron chi connectivity index (χ2n) is 40.3. The van der Waals surface area contributed by atoms with Gasteiger partial charge in [-0.15, -0.1) is 0 Å². The molecule has 0 aliphatic carbocycles. The first-order chi connectivity index (χ1) is 70.6. The maximum absolute atomic E-state index is 13.3. The number of anilines is 1. The van der Waals surface area contributed by atoms with Crippen LogP contribution in [0.25, 0.3) is 11.4 Å². The maximum atomic E-state index is 13.3. The fourth-order valence-electron chi connectivity index (χ4n) is 17.6. The number of carboxylic acids is 1. The van der Waals surface area contributed by atoms with Crippen LogP contribution in [0, 0.1) is 0 Å². The summed E-state index contributed by atoms with van der Waals surface area (Å²) in [6.45, 7) is 32.5. The van der Waals surface area contributed by atoms with E-state index >= 15 is 0 Å². The van der Waals surface area contributed by atoms with Crippen molar-refractivity contribution < 1.29 is 102 Å². The Morgan fingerprint density at radius 1 is 0.433 bits per heavy atom. The highest BCUT2D eigenvalue weighted by atomic mass is 32.2. The number of ether oxygens (including phenoxy) is 4. The third kappa shape index (κ3) is 28.7. The number of nitrogens with zero attached hydrogens (tertiary/aromatic N) is 6. The van der Waals surface area contributed by atoms with Crippen LogP contribution in [-0.2, 0) is 84.0 Å². The summed E-state index contributed by atoms with van der Waals surface area (Å²) in [6, 6.07) is 49.9. The Bertz CT molecular complexity index is 7070. The van der Waals surface area contributed by atoms with Gasteiger partial charge < -0.3 is 69.9 Å². The molecule has 13 N–H and O–H groups in total. The molecule has 9 aromatic carbocycles. The fourth-order valence-corrected chi connectivity index (χ4v) is 23.1. The highest BCUT2D eigenvalue weighted by molar-refractivity contribution is 7.90. The summed E-state index contributed by atoms with van der Waals surface area (Å²) < 4.78 is 146. The molecule has 2 aromatic heterocycles. The largest absolute Gasteiger partial charge is 0.485 e. The van der Waals surface area contributed by atoms with Gasteiger partial charge in [0.25, 0.3) is 23.6 Å². The first-order valence-corrected chi connectivity index (χ1v) is 56.5. The van der Waals surface area contributed by atoms with E-state index in [9.17, 15) is 83.2 Å². The second kappa shape index (κ2) is 49.0. The molecule has 36 nitrogen and oxygen atoms in total. The number of aliphatic hydroxyl groups excluding tert-OH is 4. The predicted molar refractivity (Wildman–Crippen MR) is 573 cm³/mol. The topological polar surface area (TPSA) is 506 Å². The van der Waals surface area contributed by atoms with Gasteiger partial charge >= 0.3 is 5.97 Å². The molecule has 4 aliphatic heterocycles. The quantitative estimate of drug-likeness (QED) is 0.0162. The lowest BCUT2D eigenvalue weighted by atomic mass is 9.86. The fraction of sp³-hybridized carbons (Fsp3) is 0.413. The number of sulfonamides is 4. The van der Waals surface area contributed by atoms with Crippen LogP contribution in [0.1, 0.15) is 239 Å². The lowest BCUT2D eigenvalue weighted by Gasteiger charge is -2.42. The predicted octanol–water partition coefficient (Wildman–Crippen LogP) is 13.1. The van der Waals surface area contributed by atoms with Gasteiger partial charge in [0.15, 0.2) is 5.82 Å². The number of nitrogens with one attached hydrogen (secondary N) is 8. The third-order valence-electron chi connectivity index (χ3n) is 26.6. The number of amides is 4. The molecule has 806 valence electrons. The van der Waals surface area contributed by atoms with Crippen LogP contribution in [0.5, 0.6) is 23.0 Å². The zero-order chi connectivity index (χ0) is 110. The van der Waals surface area contributed by atoms with E-state index in [4.69, 9.17) is 18.9 Å². The first-order valence-electron chi connectivity index (χ1n) is 49.8. The van der Waals surface area contributed by atoms with E-state index in [1.165, 1.54) is 61.1 Å². The van der Waals surface area contributed by atoms with Crippen molar-refractivity contribution in [2.24, 2.45) is 7.05 Å². The summed E-state index contributed by atoms with van der Waals surface area (Å²) >= 11 is 1.06. The number of aliphatic carboxylic acids is 1. The number of carboxylic acid groups (broad SMARTS) is 1. The summed E-state index contributed by atoms with van der Waals surface area (Å²) in [5.41, 5.74) is 3.68. The molecule has 11 aromatic rings. The summed E-state index contributed by atoms with van der Waals surface area (Å²) in [5, 5.41) is 65.5. The highest BCUT2D eigenvalue weighted by Gasteiger charge is 2.50. The average molecular weight is 2160 g/mol. The molecular weight excluding hydrogens is 2020 g/mol. The van der Waals surface area contributed by atoms with Crippen LogP contribution < -0.4 is 59.1 Å². The van der Waals surface area contributed by atoms with Gasteiger partial charge in [0, 0.05) is 119 Å². The number of imidazole rings is 1. The summed E-state index contributed by atoms with van der Waals surface area (Å²) in [4.78, 5) is 76.9. The number of carbonyl (C=O) groups excluding carboxylic acids is 4. The van der Waals surface area contributed by atoms with Crippen molar-refractivity contribution in [1.82, 2.24) is 63.5 Å². The summed E-state index contributed by atoms with van der Waals surface area (Å²) in [6.07, 6.45) is 3.12. The molecule has 15 rings (SSSR count). The summed E-state index contributed by atoms with van der Waals surface area (Å²) in [7, 11) is -10.2. The highest BCUT2D eigenvalue weighted by Crippen LogP contribution is 2.47. The lowest BCUT2D eigenvalue weighted by Crippen LogP contribution is -2.53. The number of rotatable bonds is 36. The van der Waals surface area contributed by atoms with Crippen LogP contribution in [0.2, 0.25) is 0 Å². The van der Waals surface area contributed by atoms with Crippen molar-refractivity contribution >= 4 is 86.4 Å². The van der Waals surface area contributed by atoms with Gasteiger partial charge in [0.2, 0.25) is 45.2 Å². The van der Waals surface area contributed by atoms with E-state index in [0.29, 0.717) is 99.2 Å². The van der Waals surface area contributed by atoms with Crippen molar-refractivity contribution in [3.05, 3.63) is 285 Å². The zero-order valence-corrected chi connectivity index (χ0v) is 91.8. The third-order valence-corrected chi connectivity index (χ3v) is 33.1. The van der Waals surface area contributed by atoms with E-state index in [-0.39, 0.29) is 54.5 Å². The van der Waals surface area contributed by atoms with Crippen molar-refractivity contribution in [3.8, 4) is 34.4 Å². The van der Waals surface area contributed by atoms with E-state index in [1.54, 1.807) is 188 Å². The molecular formula is C109H138N14O22S5. The number of aryl methyl sites for hydroxylation is 5. The van der Waals surface area contributed by atoms with Crippen molar-refractivity contribution in [2.75, 3.05) is 45.6 Å². The van der Waals surface area contributed by atoms with Gasteiger partial charge in [-0.2, -0.15) is 9.36 Å². The number of aromatic nitrogens is 4. The zero-order valence-electron chi connectivity index (χ0n) is 87.7. The Labute approximate surface area is 882 Å². The molecule has 0 radical (unpaired) electrons. The minimum Gasteiger partial charge on any atom is -0.485 e. The van der Waals surface area contributed by atoms with Crippen molar-refractivity contribution in [2.45, 2.75) is 264 Å². The smallest absolute Gasteiger partial charge is 0.326 e. The minimum atomic E-state index is -4.06. The Morgan fingerprint density at radius 2 is 0.760 bits per heavy atom. The summed E-state index contributed by atoms with van der Waals surface area (Å²) in [5.74, 6) is -0.861. The van der Waals surface area contributed by atoms with E-state index in [0.717, 1.165) is 84.4 Å². The molecule has 6 heterocycles. The maximum Gasteiger partial charge on any atom is 0.326 e. The molecule has 0 unspecified atom stereocenters. The Hall–Kier alpha value is -12.3. The molecule has 0 spiro atoms. The Balaban J connectivity index is 0.000000177. The molecule has 4 aliphatic rings. The first kappa shape index (κ1) is 116. The average Bonchev–Trinajstić information content (AvgIpc) is 1.67. The Kier molecular flexibility index (Phi) is 38.0. The molecule has 0 fully saturated rings. The molecule has 0 bridgehead atoms. The molecule has 4 amide bonds.